The molecule has 0 bridgehead atoms. The van der Waals surface area contributed by atoms with Crippen molar-refractivity contribution in [2.45, 2.75) is 13.8 Å². The topological polar surface area (TPSA) is 156 Å². The molecule has 11 heteroatoms. The van der Waals surface area contributed by atoms with Gasteiger partial charge in [-0.05, 0) is 36.8 Å². The molecule has 32 heavy (non-hydrogen) atoms. The van der Waals surface area contributed by atoms with Crippen molar-refractivity contribution in [3.63, 3.8) is 0 Å². The number of carbonyl (C=O) groups excluding carboxylic acids is 2. The van der Waals surface area contributed by atoms with E-state index < -0.39 is 11.9 Å². The van der Waals surface area contributed by atoms with Crippen LogP contribution in [0.25, 0.3) is 16.7 Å². The summed E-state index contributed by atoms with van der Waals surface area (Å²) in [4.78, 5) is 29.5. The molecule has 11 nitrogen and oxygen atoms in total. The van der Waals surface area contributed by atoms with Crippen LogP contribution in [0.5, 0.6) is 0 Å². The lowest BCUT2D eigenvalue weighted by atomic mass is 9.92. The molecule has 2 N–H and O–H groups in total. The molecule has 0 fully saturated rings. The van der Waals surface area contributed by atoms with Gasteiger partial charge in [-0.1, -0.05) is 12.1 Å². The lowest BCUT2D eigenvalue weighted by molar-refractivity contribution is 0.0599. The number of benzene rings is 1. The third-order valence-corrected chi connectivity index (χ3v) is 4.58. The number of anilines is 1. The SMILES string of the molecule is COC(=O)c1c(C)nc(C)c(C(=O)OC)c1-c1cccc(NC=C(C#N)c2nn[nH]n2)c1. The number of esters is 2. The number of aryl methyl sites for hydroxylation is 2. The lowest BCUT2D eigenvalue weighted by Crippen LogP contribution is -2.16. The summed E-state index contributed by atoms with van der Waals surface area (Å²) in [5.41, 5.74) is 2.79. The van der Waals surface area contributed by atoms with Crippen LogP contribution >= 0.6 is 0 Å². The van der Waals surface area contributed by atoms with E-state index in [4.69, 9.17) is 9.47 Å². The van der Waals surface area contributed by atoms with Gasteiger partial charge in [-0.3, -0.25) is 4.98 Å². The molecule has 0 amide bonds. The Hall–Kier alpha value is -4.59. The minimum absolute atomic E-state index is 0.137. The van der Waals surface area contributed by atoms with E-state index in [1.807, 2.05) is 6.07 Å². The number of aromatic amines is 1. The molecule has 2 aromatic heterocycles. The highest BCUT2D eigenvalue weighted by Gasteiger charge is 2.27. The quantitative estimate of drug-likeness (QED) is 0.437. The Kier molecular flexibility index (Phi) is 6.55. The van der Waals surface area contributed by atoms with E-state index in [2.05, 4.69) is 30.9 Å². The first-order valence-electron chi connectivity index (χ1n) is 9.30. The molecule has 0 radical (unpaired) electrons. The first-order valence-corrected chi connectivity index (χ1v) is 9.30. The Balaban J connectivity index is 2.15. The van der Waals surface area contributed by atoms with E-state index in [0.717, 1.165) is 0 Å². The largest absolute Gasteiger partial charge is 0.465 e. The molecule has 0 atom stereocenters. The van der Waals surface area contributed by atoms with Gasteiger partial charge >= 0.3 is 11.9 Å². The molecular weight excluding hydrogens is 414 g/mol. The Morgan fingerprint density at radius 2 is 1.78 bits per heavy atom. The van der Waals surface area contributed by atoms with Crippen LogP contribution in [0.4, 0.5) is 5.69 Å². The van der Waals surface area contributed by atoms with Crippen LogP contribution in [-0.4, -0.2) is 51.8 Å². The number of aromatic nitrogens is 5. The predicted octanol–water partition coefficient (Wildman–Crippen LogP) is 2.43. The third-order valence-electron chi connectivity index (χ3n) is 4.58. The molecule has 3 rings (SSSR count). The zero-order chi connectivity index (χ0) is 23.3. The number of pyridine rings is 1. The number of ether oxygens (including phenoxy) is 2. The second-order valence-electron chi connectivity index (χ2n) is 6.52. The number of allylic oxidation sites excluding steroid dienone is 1. The van der Waals surface area contributed by atoms with Crippen molar-refractivity contribution in [1.29, 1.82) is 5.26 Å². The van der Waals surface area contributed by atoms with Crippen LogP contribution in [0, 0.1) is 25.2 Å². The van der Waals surface area contributed by atoms with Gasteiger partial charge in [0.15, 0.2) is 0 Å². The first-order chi connectivity index (χ1) is 15.4. The Morgan fingerprint density at radius 1 is 1.12 bits per heavy atom. The molecule has 2 heterocycles. The van der Waals surface area contributed by atoms with Crippen molar-refractivity contribution in [1.82, 2.24) is 25.6 Å². The number of nitrogens with one attached hydrogen (secondary N) is 2. The molecule has 3 aromatic rings. The molecule has 0 aliphatic rings. The van der Waals surface area contributed by atoms with Gasteiger partial charge in [0.1, 0.15) is 11.6 Å². The van der Waals surface area contributed by atoms with Crippen LogP contribution in [0.3, 0.4) is 0 Å². The van der Waals surface area contributed by atoms with E-state index in [1.165, 1.54) is 20.4 Å². The van der Waals surface area contributed by atoms with Gasteiger partial charge in [-0.25, -0.2) is 9.59 Å². The highest BCUT2D eigenvalue weighted by molar-refractivity contribution is 6.07. The predicted molar refractivity (Wildman–Crippen MR) is 113 cm³/mol. The maximum Gasteiger partial charge on any atom is 0.340 e. The Morgan fingerprint density at radius 3 is 2.31 bits per heavy atom. The van der Waals surface area contributed by atoms with Crippen LogP contribution in [-0.2, 0) is 9.47 Å². The molecular formula is C21H19N7O4. The molecule has 1 aromatic carbocycles. The summed E-state index contributed by atoms with van der Waals surface area (Å²) in [7, 11) is 2.51. The van der Waals surface area contributed by atoms with Crippen molar-refractivity contribution in [2.24, 2.45) is 0 Å². The molecule has 162 valence electrons. The third kappa shape index (κ3) is 4.29. The maximum absolute atomic E-state index is 12.6. The zero-order valence-electron chi connectivity index (χ0n) is 17.8. The summed E-state index contributed by atoms with van der Waals surface area (Å²) >= 11 is 0. The second-order valence-corrected chi connectivity index (χ2v) is 6.52. The number of methoxy groups -OCH3 is 2. The number of hydrogen-bond acceptors (Lipinski definition) is 10. The standard InChI is InChI=1S/C21H19N7O4/c1-11-16(20(29)31-3)18(17(12(2)24-11)21(30)32-4)13-6-5-7-15(8-13)23-10-14(9-22)19-25-27-28-26-19/h5-8,10,23H,1-4H3,(H,25,26,27,28). The van der Waals surface area contributed by atoms with Crippen molar-refractivity contribution in [2.75, 3.05) is 19.5 Å². The molecule has 0 saturated heterocycles. The van der Waals surface area contributed by atoms with Gasteiger partial charge in [-0.2, -0.15) is 10.5 Å². The van der Waals surface area contributed by atoms with Gasteiger partial charge in [0.2, 0.25) is 5.82 Å². The molecule has 0 aliphatic heterocycles. The van der Waals surface area contributed by atoms with Crippen LogP contribution in [0.15, 0.2) is 30.5 Å². The minimum Gasteiger partial charge on any atom is -0.465 e. The number of H-pyrrole nitrogens is 1. The van der Waals surface area contributed by atoms with Crippen molar-refractivity contribution >= 4 is 23.2 Å². The second kappa shape index (κ2) is 9.48. The number of hydrogen-bond donors (Lipinski definition) is 2. The zero-order valence-corrected chi connectivity index (χ0v) is 17.8. The first kappa shape index (κ1) is 22.1. The van der Waals surface area contributed by atoms with Crippen molar-refractivity contribution in [3.8, 4) is 17.2 Å². The van der Waals surface area contributed by atoms with E-state index in [1.54, 1.807) is 38.1 Å². The highest BCUT2D eigenvalue weighted by atomic mass is 16.5. The smallest absolute Gasteiger partial charge is 0.340 e. The Bertz CT molecular complexity index is 1200. The summed E-state index contributed by atoms with van der Waals surface area (Å²) in [6, 6.07) is 8.93. The summed E-state index contributed by atoms with van der Waals surface area (Å²) in [5.74, 6) is -1.12. The van der Waals surface area contributed by atoms with Gasteiger partial charge in [-0.15, -0.1) is 10.2 Å². The summed E-state index contributed by atoms with van der Waals surface area (Å²) < 4.78 is 9.88. The van der Waals surface area contributed by atoms with Gasteiger partial charge in [0, 0.05) is 17.5 Å². The fourth-order valence-corrected chi connectivity index (χ4v) is 3.19. The van der Waals surface area contributed by atoms with Crippen molar-refractivity contribution < 1.29 is 19.1 Å². The maximum atomic E-state index is 12.6. The molecule has 0 aliphatic carbocycles. The summed E-state index contributed by atoms with van der Waals surface area (Å²) in [5, 5.41) is 25.6. The normalized spacial score (nSPS) is 10.9. The number of carbonyl (C=O) groups is 2. The fraction of sp³-hybridized carbons (Fsp3) is 0.190. The van der Waals surface area contributed by atoms with Crippen LogP contribution in [0.2, 0.25) is 0 Å². The molecule has 0 saturated carbocycles. The number of nitriles is 1. The fourth-order valence-electron chi connectivity index (χ4n) is 3.19. The van der Waals surface area contributed by atoms with Gasteiger partial charge in [0.25, 0.3) is 0 Å². The van der Waals surface area contributed by atoms with E-state index >= 15 is 0 Å². The Labute approximate surface area is 183 Å². The monoisotopic (exact) mass is 433 g/mol. The summed E-state index contributed by atoms with van der Waals surface area (Å²) in [6.07, 6.45) is 1.43. The number of rotatable bonds is 6. The average Bonchev–Trinajstić information content (AvgIpc) is 3.33. The lowest BCUT2D eigenvalue weighted by Gasteiger charge is -2.17. The molecule has 0 unspecified atom stereocenters. The minimum atomic E-state index is -0.628. The molecule has 0 spiro atoms. The van der Waals surface area contributed by atoms with Gasteiger partial charge < -0.3 is 14.8 Å². The number of tetrazole rings is 1. The van der Waals surface area contributed by atoms with Gasteiger partial charge in [0.05, 0.1) is 36.7 Å². The van der Waals surface area contributed by atoms with E-state index in [0.29, 0.717) is 28.2 Å². The van der Waals surface area contributed by atoms with Crippen LogP contribution < -0.4 is 5.32 Å². The van der Waals surface area contributed by atoms with E-state index in [9.17, 15) is 14.9 Å². The highest BCUT2D eigenvalue weighted by Crippen LogP contribution is 2.33. The summed E-state index contributed by atoms with van der Waals surface area (Å²) in [6.45, 7) is 3.33. The van der Waals surface area contributed by atoms with E-state index in [-0.39, 0.29) is 22.5 Å². The van der Waals surface area contributed by atoms with Crippen molar-refractivity contribution in [3.05, 3.63) is 58.8 Å². The number of nitrogens with zero attached hydrogens (tertiary/aromatic N) is 5. The van der Waals surface area contributed by atoms with Crippen LogP contribution in [0.1, 0.15) is 37.9 Å². The average molecular weight is 433 g/mol.